The van der Waals surface area contributed by atoms with Crippen LogP contribution >= 0.6 is 0 Å². The van der Waals surface area contributed by atoms with E-state index in [1.165, 1.54) is 6.42 Å². The second kappa shape index (κ2) is 4.44. The van der Waals surface area contributed by atoms with E-state index in [1.54, 1.807) is 0 Å². The molecule has 1 aliphatic carbocycles. The van der Waals surface area contributed by atoms with Crippen LogP contribution in [0.1, 0.15) is 6.42 Å². The third kappa shape index (κ3) is 3.31. The molecule has 0 unspecified atom stereocenters. The summed E-state index contributed by atoms with van der Waals surface area (Å²) in [7, 11) is 0. The Labute approximate surface area is 106 Å². The number of halogens is 2. The minimum Gasteiger partial charge on any atom is -1.00 e. The average Bonchev–Trinajstić information content (AvgIpc) is 2.34. The minimum atomic E-state index is -2.86. The molecular weight excluding hydrogens is 322 g/mol. The minimum absolute atomic E-state index is 0. The zero-order valence-corrected chi connectivity index (χ0v) is 15.9. The third-order valence-electron chi connectivity index (χ3n) is 4.84. The van der Waals surface area contributed by atoms with Gasteiger partial charge in [0.25, 0.3) is 0 Å². The molecular formula is C11H24Cl2SiZr. The molecule has 1 rings (SSSR count). The van der Waals surface area contributed by atoms with Crippen LogP contribution in [-0.2, 0) is 16.5 Å². The predicted octanol–water partition coefficient (Wildman–Crippen LogP) is -1.76. The number of hydrogen-bond acceptors (Lipinski definition) is 0. The maximum Gasteiger partial charge on any atom is -1.00 e. The monoisotopic (exact) mass is 344 g/mol. The van der Waals surface area contributed by atoms with Crippen LogP contribution < -0.4 is 24.8 Å². The van der Waals surface area contributed by atoms with Crippen LogP contribution in [0.25, 0.3) is 0 Å². The van der Waals surface area contributed by atoms with Gasteiger partial charge in [0.05, 0.1) is 0 Å². The van der Waals surface area contributed by atoms with Gasteiger partial charge in [-0.2, -0.15) is 0 Å². The first-order valence-electron chi connectivity index (χ1n) is 5.41. The van der Waals surface area contributed by atoms with Crippen molar-refractivity contribution in [3.05, 3.63) is 21.5 Å². The summed E-state index contributed by atoms with van der Waals surface area (Å²) in [6.45, 7) is 5.08. The van der Waals surface area contributed by atoms with Crippen LogP contribution in [0.5, 0.6) is 0 Å². The number of hydrogen-bond donors (Lipinski definition) is 0. The molecule has 1 aliphatic rings. The van der Waals surface area contributed by atoms with Crippen molar-refractivity contribution in [2.75, 3.05) is 0 Å². The standard InChI is InChI=1S/C5H5.C2H7Si.4CH3.2ClH.Zr/c1-2-4-5-3-1;1-3-2;;;;;;;/h1-3H,4H2;3H,1-2H3;4*1H3;2*1H;/q;;;;;;;;+2/p-2. The van der Waals surface area contributed by atoms with Gasteiger partial charge in [-0.3, -0.25) is 0 Å². The first-order valence-corrected chi connectivity index (χ1v) is 23.6. The summed E-state index contributed by atoms with van der Waals surface area (Å²) in [6, 6.07) is 0. The van der Waals surface area contributed by atoms with Gasteiger partial charge in [0, 0.05) is 0 Å². The number of allylic oxidation sites excluding steroid dienone is 4. The van der Waals surface area contributed by atoms with Gasteiger partial charge in [0.2, 0.25) is 0 Å². The second-order valence-electron chi connectivity index (χ2n) is 7.78. The van der Waals surface area contributed by atoms with Crippen molar-refractivity contribution in [3.8, 4) is 0 Å². The zero-order valence-electron chi connectivity index (χ0n) is 10.8. The molecule has 4 heteroatoms. The SMILES string of the molecule is C[SiH](C)[Zr+2]([CH3])([CH3])([CH3])([CH3])[C]1=CC=CC1.[Cl-].[Cl-]. The van der Waals surface area contributed by atoms with E-state index in [9.17, 15) is 0 Å². The van der Waals surface area contributed by atoms with E-state index in [4.69, 9.17) is 0 Å². The summed E-state index contributed by atoms with van der Waals surface area (Å²) in [5.41, 5.74) is 0. The van der Waals surface area contributed by atoms with Gasteiger partial charge in [-0.25, -0.2) is 0 Å². The smallest absolute Gasteiger partial charge is 1.00 e. The first kappa shape index (κ1) is 18.5. The maximum atomic E-state index is 2.64. The fraction of sp³-hybridized carbons (Fsp3) is 0.636. The Morgan fingerprint density at radius 2 is 1.53 bits per heavy atom. The summed E-state index contributed by atoms with van der Waals surface area (Å²) in [5.74, 6) is -0.569. The largest absolute Gasteiger partial charge is 1.00 e. The predicted molar refractivity (Wildman–Crippen MR) is 64.2 cm³/mol. The van der Waals surface area contributed by atoms with E-state index in [0.717, 1.165) is 0 Å². The second-order valence-corrected chi connectivity index (χ2v) is 61.6. The van der Waals surface area contributed by atoms with Gasteiger partial charge in [-0.1, -0.05) is 0 Å². The fourth-order valence-electron chi connectivity index (χ4n) is 1.67. The summed E-state index contributed by atoms with van der Waals surface area (Å²) in [6.07, 6.45) is 8.21. The van der Waals surface area contributed by atoms with Gasteiger partial charge < -0.3 is 24.8 Å². The van der Waals surface area contributed by atoms with E-state index in [0.29, 0.717) is 0 Å². The Balaban J connectivity index is 0. The Bertz CT molecular complexity index is 295. The van der Waals surface area contributed by atoms with E-state index in [-0.39, 0.29) is 24.8 Å². The van der Waals surface area contributed by atoms with E-state index >= 15 is 0 Å². The first-order chi connectivity index (χ1) is 5.58. The molecule has 0 aromatic heterocycles. The summed E-state index contributed by atoms with van der Waals surface area (Å²) >= 11 is -2.86. The molecule has 0 aromatic rings. The van der Waals surface area contributed by atoms with Crippen LogP contribution in [0.15, 0.2) is 21.5 Å². The maximum absolute atomic E-state index is 2.86. The molecule has 0 N–H and O–H groups in total. The van der Waals surface area contributed by atoms with Gasteiger partial charge in [-0.15, -0.1) is 0 Å². The van der Waals surface area contributed by atoms with Crippen molar-refractivity contribution in [3.63, 3.8) is 0 Å². The molecule has 0 aromatic carbocycles. The Kier molecular flexibility index (Phi) is 5.48. The molecule has 0 atom stereocenters. The van der Waals surface area contributed by atoms with Crippen molar-refractivity contribution < 1.29 is 41.3 Å². The summed E-state index contributed by atoms with van der Waals surface area (Å²) in [4.78, 5) is 0. The molecule has 0 heterocycles. The van der Waals surface area contributed by atoms with Gasteiger partial charge in [0.1, 0.15) is 0 Å². The molecule has 15 heavy (non-hydrogen) atoms. The van der Waals surface area contributed by atoms with Crippen molar-refractivity contribution in [2.24, 2.45) is 0 Å². The van der Waals surface area contributed by atoms with Crippen molar-refractivity contribution in [1.82, 2.24) is 0 Å². The molecule has 90 valence electrons. The van der Waals surface area contributed by atoms with Crippen LogP contribution in [0.4, 0.5) is 0 Å². The Morgan fingerprint density at radius 3 is 1.80 bits per heavy atom. The topological polar surface area (TPSA) is 0 Å². The van der Waals surface area contributed by atoms with Crippen molar-refractivity contribution in [1.29, 1.82) is 0 Å². The Hall–Kier alpha value is 1.16. The van der Waals surface area contributed by atoms with Crippen molar-refractivity contribution >= 4 is 5.92 Å². The van der Waals surface area contributed by atoms with E-state index in [1.807, 2.05) is 3.28 Å². The van der Waals surface area contributed by atoms with E-state index < -0.39 is 22.4 Å². The quantitative estimate of drug-likeness (QED) is 0.520. The van der Waals surface area contributed by atoms with E-state index in [2.05, 4.69) is 49.8 Å². The molecule has 0 nitrogen and oxygen atoms in total. The molecule has 0 bridgehead atoms. The van der Waals surface area contributed by atoms with Gasteiger partial charge in [0.15, 0.2) is 0 Å². The zero-order chi connectivity index (χ0) is 10.4. The van der Waals surface area contributed by atoms with Crippen LogP contribution in [0.3, 0.4) is 0 Å². The fourth-order valence-corrected chi connectivity index (χ4v) is 13.8. The van der Waals surface area contributed by atoms with Crippen LogP contribution in [-0.4, -0.2) is 5.92 Å². The van der Waals surface area contributed by atoms with Crippen LogP contribution in [0.2, 0.25) is 31.6 Å². The van der Waals surface area contributed by atoms with Crippen LogP contribution in [0, 0.1) is 0 Å². The molecule has 0 spiro atoms. The van der Waals surface area contributed by atoms with Crippen molar-refractivity contribution in [2.45, 2.75) is 38.0 Å². The summed E-state index contributed by atoms with van der Waals surface area (Å²) < 4.78 is 12.4. The molecule has 0 saturated heterocycles. The molecule has 0 amide bonds. The van der Waals surface area contributed by atoms with Gasteiger partial charge in [-0.05, 0) is 0 Å². The molecule has 0 aliphatic heterocycles. The Morgan fingerprint density at radius 1 is 1.07 bits per heavy atom. The summed E-state index contributed by atoms with van der Waals surface area (Å²) in [5, 5.41) is 0. The normalized spacial score (nSPS) is 17.4. The third-order valence-corrected chi connectivity index (χ3v) is 58.7. The number of rotatable bonds is 2. The molecule has 0 saturated carbocycles. The average molecular weight is 347 g/mol. The molecule has 0 radical (unpaired) electrons. The van der Waals surface area contributed by atoms with Gasteiger partial charge >= 0.3 is 81.9 Å². The molecule has 0 fully saturated rings.